The van der Waals surface area contributed by atoms with Gasteiger partial charge in [-0.1, -0.05) is 40.5 Å². The van der Waals surface area contributed by atoms with Crippen LogP contribution in [0.4, 0.5) is 0 Å². The minimum Gasteiger partial charge on any atom is -0.376 e. The maximum atomic E-state index is 8.65. The van der Waals surface area contributed by atoms with Crippen LogP contribution in [-0.4, -0.2) is 11.8 Å². The normalized spacial score (nSPS) is 19.3. The molecule has 0 bridgehead atoms. The van der Waals surface area contributed by atoms with E-state index in [2.05, 4.69) is 5.16 Å². The summed E-state index contributed by atoms with van der Waals surface area (Å²) < 4.78 is 0. The van der Waals surface area contributed by atoms with Crippen molar-refractivity contribution in [3.8, 4) is 6.07 Å². The van der Waals surface area contributed by atoms with E-state index in [1.54, 1.807) is 18.2 Å². The molecule has 0 amide bonds. The van der Waals surface area contributed by atoms with Gasteiger partial charge in [0.25, 0.3) is 0 Å². The van der Waals surface area contributed by atoms with Gasteiger partial charge in [-0.15, -0.1) is 0 Å². The Hall–Kier alpha value is -1.24. The average molecular weight is 241 g/mol. The summed E-state index contributed by atoms with van der Waals surface area (Å²) in [6.45, 7) is 0. The van der Waals surface area contributed by atoms with Crippen LogP contribution in [0.25, 0.3) is 0 Å². The first-order chi connectivity index (χ1) is 7.22. The fourth-order valence-corrected chi connectivity index (χ4v) is 1.74. The van der Waals surface area contributed by atoms with Crippen molar-refractivity contribution < 1.29 is 4.84 Å². The van der Waals surface area contributed by atoms with Crippen molar-refractivity contribution in [1.82, 2.24) is 0 Å². The van der Waals surface area contributed by atoms with Gasteiger partial charge in [0.2, 0.25) is 6.10 Å². The van der Waals surface area contributed by atoms with Gasteiger partial charge in [-0.25, -0.2) is 0 Å². The molecule has 0 N–H and O–H groups in total. The number of rotatable bonds is 1. The van der Waals surface area contributed by atoms with Gasteiger partial charge in [-0.2, -0.15) is 5.26 Å². The molecule has 1 aromatic carbocycles. The fraction of sp³-hybridized carbons (Fsp3) is 0.200. The molecule has 0 saturated carbocycles. The Morgan fingerprint density at radius 3 is 2.93 bits per heavy atom. The van der Waals surface area contributed by atoms with Crippen LogP contribution in [0, 0.1) is 11.3 Å². The van der Waals surface area contributed by atoms with Crippen LogP contribution in [-0.2, 0) is 4.84 Å². The van der Waals surface area contributed by atoms with Gasteiger partial charge in [-0.3, -0.25) is 0 Å². The third-order valence-electron chi connectivity index (χ3n) is 2.08. The lowest BCUT2D eigenvalue weighted by Crippen LogP contribution is -2.05. The zero-order valence-electron chi connectivity index (χ0n) is 7.58. The van der Waals surface area contributed by atoms with Gasteiger partial charge < -0.3 is 4.84 Å². The Labute approximate surface area is 96.8 Å². The smallest absolute Gasteiger partial charge is 0.218 e. The number of hydrogen-bond acceptors (Lipinski definition) is 3. The van der Waals surface area contributed by atoms with Crippen LogP contribution in [0.5, 0.6) is 0 Å². The standard InChI is InChI=1S/C10H6Cl2N2O/c11-8-3-1-2-7(10(8)12)9-4-6(5-13)15-14-9/h1-3,6H,4H2/t6-/m1/s1. The second-order valence-electron chi connectivity index (χ2n) is 3.07. The monoisotopic (exact) mass is 240 g/mol. The van der Waals surface area contributed by atoms with Gasteiger partial charge in [0.1, 0.15) is 6.07 Å². The molecule has 0 saturated heterocycles. The molecule has 1 heterocycles. The van der Waals surface area contributed by atoms with Crippen molar-refractivity contribution >= 4 is 28.9 Å². The fourth-order valence-electron chi connectivity index (χ4n) is 1.33. The molecule has 0 fully saturated rings. The highest BCUT2D eigenvalue weighted by atomic mass is 35.5. The number of nitrogens with zero attached hydrogens (tertiary/aromatic N) is 2. The number of nitriles is 1. The summed E-state index contributed by atoms with van der Waals surface area (Å²) in [6, 6.07) is 7.27. The van der Waals surface area contributed by atoms with Crippen LogP contribution in [0.15, 0.2) is 23.4 Å². The molecule has 0 aliphatic carbocycles. The number of halogens is 2. The van der Waals surface area contributed by atoms with Crippen molar-refractivity contribution in [2.45, 2.75) is 12.5 Å². The molecule has 0 radical (unpaired) electrons. The number of oxime groups is 1. The average Bonchev–Trinajstić information content (AvgIpc) is 2.70. The zero-order valence-corrected chi connectivity index (χ0v) is 9.09. The van der Waals surface area contributed by atoms with Gasteiger partial charge in [0.05, 0.1) is 15.8 Å². The Morgan fingerprint density at radius 1 is 1.47 bits per heavy atom. The Bertz CT molecular complexity index is 465. The van der Waals surface area contributed by atoms with E-state index in [-0.39, 0.29) is 0 Å². The lowest BCUT2D eigenvalue weighted by Gasteiger charge is -2.02. The molecular formula is C10H6Cl2N2O. The Morgan fingerprint density at radius 2 is 2.27 bits per heavy atom. The largest absolute Gasteiger partial charge is 0.376 e. The molecular weight excluding hydrogens is 235 g/mol. The van der Waals surface area contributed by atoms with E-state index in [4.69, 9.17) is 33.3 Å². The van der Waals surface area contributed by atoms with Crippen LogP contribution in [0.3, 0.4) is 0 Å². The first kappa shape index (κ1) is 10.3. The van der Waals surface area contributed by atoms with Crippen LogP contribution >= 0.6 is 23.2 Å². The number of hydrogen-bond donors (Lipinski definition) is 0. The van der Waals surface area contributed by atoms with Crippen molar-refractivity contribution in [2.75, 3.05) is 0 Å². The molecule has 1 aliphatic heterocycles. The Kier molecular flexibility index (Phi) is 2.81. The summed E-state index contributed by atoms with van der Waals surface area (Å²) in [6.07, 6.45) is -0.0774. The Balaban J connectivity index is 2.33. The predicted molar refractivity (Wildman–Crippen MR) is 58.1 cm³/mol. The van der Waals surface area contributed by atoms with E-state index in [9.17, 15) is 0 Å². The highest BCUT2D eigenvalue weighted by molar-refractivity contribution is 6.44. The molecule has 0 spiro atoms. The molecule has 1 aromatic rings. The first-order valence-electron chi connectivity index (χ1n) is 4.29. The van der Waals surface area contributed by atoms with Gasteiger partial charge in [0.15, 0.2) is 0 Å². The highest BCUT2D eigenvalue weighted by Crippen LogP contribution is 2.28. The van der Waals surface area contributed by atoms with Gasteiger partial charge in [0, 0.05) is 12.0 Å². The maximum absolute atomic E-state index is 8.65. The molecule has 3 nitrogen and oxygen atoms in total. The molecule has 76 valence electrons. The SMILES string of the molecule is N#C[C@H]1CC(c2cccc(Cl)c2Cl)=NO1. The molecule has 15 heavy (non-hydrogen) atoms. The summed E-state index contributed by atoms with van der Waals surface area (Å²) in [5.41, 5.74) is 1.39. The molecule has 1 aliphatic rings. The van der Waals surface area contributed by atoms with Crippen LogP contribution < -0.4 is 0 Å². The maximum Gasteiger partial charge on any atom is 0.218 e. The van der Waals surface area contributed by atoms with Crippen LogP contribution in [0.1, 0.15) is 12.0 Å². The van der Waals surface area contributed by atoms with Gasteiger partial charge in [-0.05, 0) is 6.07 Å². The summed E-state index contributed by atoms with van der Waals surface area (Å²) >= 11 is 11.9. The van der Waals surface area contributed by atoms with E-state index in [0.29, 0.717) is 22.2 Å². The summed E-state index contributed by atoms with van der Waals surface area (Å²) in [4.78, 5) is 4.89. The summed E-state index contributed by atoms with van der Waals surface area (Å²) in [7, 11) is 0. The van der Waals surface area contributed by atoms with Crippen molar-refractivity contribution in [2.24, 2.45) is 5.16 Å². The van der Waals surface area contributed by atoms with Crippen molar-refractivity contribution in [3.63, 3.8) is 0 Å². The van der Waals surface area contributed by atoms with Crippen molar-refractivity contribution in [1.29, 1.82) is 5.26 Å². The van der Waals surface area contributed by atoms with E-state index >= 15 is 0 Å². The lowest BCUT2D eigenvalue weighted by atomic mass is 10.1. The molecule has 0 unspecified atom stereocenters. The topological polar surface area (TPSA) is 45.4 Å². The van der Waals surface area contributed by atoms with E-state index < -0.39 is 6.10 Å². The quantitative estimate of drug-likeness (QED) is 0.758. The minimum absolute atomic E-state index is 0.441. The van der Waals surface area contributed by atoms with Crippen LogP contribution in [0.2, 0.25) is 10.0 Å². The second kappa shape index (κ2) is 4.09. The zero-order chi connectivity index (χ0) is 10.8. The van der Waals surface area contributed by atoms with E-state index in [1.807, 2.05) is 6.07 Å². The van der Waals surface area contributed by atoms with E-state index in [0.717, 1.165) is 5.56 Å². The first-order valence-corrected chi connectivity index (χ1v) is 5.04. The summed E-state index contributed by atoms with van der Waals surface area (Å²) in [5.74, 6) is 0. The van der Waals surface area contributed by atoms with Gasteiger partial charge >= 0.3 is 0 Å². The highest BCUT2D eigenvalue weighted by Gasteiger charge is 2.23. The third-order valence-corrected chi connectivity index (χ3v) is 2.89. The molecule has 1 atom stereocenters. The number of benzene rings is 1. The minimum atomic E-state index is -0.518. The summed E-state index contributed by atoms with van der Waals surface area (Å²) in [5, 5.41) is 13.4. The molecule has 0 aromatic heterocycles. The lowest BCUT2D eigenvalue weighted by molar-refractivity contribution is 0.125. The van der Waals surface area contributed by atoms with Crippen molar-refractivity contribution in [3.05, 3.63) is 33.8 Å². The van der Waals surface area contributed by atoms with E-state index in [1.165, 1.54) is 0 Å². The predicted octanol–water partition coefficient (Wildman–Crippen LogP) is 3.01. The molecule has 5 heteroatoms. The second-order valence-corrected chi connectivity index (χ2v) is 3.85. The third kappa shape index (κ3) is 1.92. The molecule has 2 rings (SSSR count).